The summed E-state index contributed by atoms with van der Waals surface area (Å²) in [4.78, 5) is 0.896. The molecule has 0 radical (unpaired) electrons. The molecule has 66 valence electrons. The van der Waals surface area contributed by atoms with Crippen LogP contribution in [0.15, 0.2) is 29.2 Å². The monoisotopic (exact) mass is 192 g/mol. The van der Waals surface area contributed by atoms with Gasteiger partial charge in [0.1, 0.15) is 0 Å². The molecule has 1 heterocycles. The summed E-state index contributed by atoms with van der Waals surface area (Å²) in [7, 11) is 0. The molecule has 4 nitrogen and oxygen atoms in total. The normalized spacial score (nSPS) is 10.3. The molecule has 0 amide bonds. The van der Waals surface area contributed by atoms with Crippen LogP contribution in [-0.4, -0.2) is 20.2 Å². The Morgan fingerprint density at radius 2 is 2.23 bits per heavy atom. The second kappa shape index (κ2) is 3.18. The van der Waals surface area contributed by atoms with Crippen molar-refractivity contribution in [3.05, 3.63) is 30.1 Å². The summed E-state index contributed by atoms with van der Waals surface area (Å²) in [5, 5.41) is 11.2. The van der Waals surface area contributed by atoms with Gasteiger partial charge in [-0.3, -0.25) is 0 Å². The Morgan fingerprint density at radius 1 is 1.38 bits per heavy atom. The van der Waals surface area contributed by atoms with Crippen LogP contribution < -0.4 is 0 Å². The Kier molecular flexibility index (Phi) is 2.02. The Labute approximate surface area is 81.0 Å². The molecule has 0 fully saturated rings. The van der Waals surface area contributed by atoms with Crippen molar-refractivity contribution >= 4 is 12.6 Å². The first-order chi connectivity index (χ1) is 6.27. The molecule has 0 atom stereocenters. The molecule has 0 aliphatic rings. The van der Waals surface area contributed by atoms with E-state index < -0.39 is 0 Å². The molecular weight excluding hydrogens is 184 g/mol. The van der Waals surface area contributed by atoms with Crippen LogP contribution in [0.4, 0.5) is 0 Å². The number of benzene rings is 1. The van der Waals surface area contributed by atoms with Crippen molar-refractivity contribution in [3.63, 3.8) is 0 Å². The molecule has 1 aromatic heterocycles. The van der Waals surface area contributed by atoms with Crippen LogP contribution in [-0.2, 0) is 0 Å². The second-order valence-electron chi connectivity index (χ2n) is 2.66. The van der Waals surface area contributed by atoms with Gasteiger partial charge in [0.05, 0.1) is 5.69 Å². The van der Waals surface area contributed by atoms with Gasteiger partial charge < -0.3 is 0 Å². The van der Waals surface area contributed by atoms with Crippen LogP contribution >= 0.6 is 12.6 Å². The summed E-state index contributed by atoms with van der Waals surface area (Å²) >= 11 is 4.24. The van der Waals surface area contributed by atoms with E-state index in [1.807, 2.05) is 31.2 Å². The minimum atomic E-state index is 0.763. The standard InChI is InChI=1S/C8H8N4S/c1-6-9-10-11-12(6)7-3-2-4-8(13)5-7/h2-5,13H,1H3. The number of hydrogen-bond donors (Lipinski definition) is 1. The molecule has 5 heteroatoms. The fourth-order valence-electron chi connectivity index (χ4n) is 1.10. The van der Waals surface area contributed by atoms with Gasteiger partial charge in [0.25, 0.3) is 0 Å². The molecule has 1 aromatic carbocycles. The fraction of sp³-hybridized carbons (Fsp3) is 0.125. The highest BCUT2D eigenvalue weighted by atomic mass is 32.1. The molecule has 2 rings (SSSR count). The highest BCUT2D eigenvalue weighted by molar-refractivity contribution is 7.80. The number of aryl methyl sites for hydroxylation is 1. The van der Waals surface area contributed by atoms with E-state index in [1.165, 1.54) is 0 Å². The number of aromatic nitrogens is 4. The van der Waals surface area contributed by atoms with Gasteiger partial charge in [-0.05, 0) is 35.5 Å². The summed E-state index contributed by atoms with van der Waals surface area (Å²) < 4.78 is 1.67. The first-order valence-corrected chi connectivity index (χ1v) is 4.26. The number of thiol groups is 1. The van der Waals surface area contributed by atoms with Crippen LogP contribution in [0.25, 0.3) is 5.69 Å². The summed E-state index contributed by atoms with van der Waals surface area (Å²) in [6.45, 7) is 1.85. The van der Waals surface area contributed by atoms with Gasteiger partial charge in [0.15, 0.2) is 5.82 Å². The Morgan fingerprint density at radius 3 is 2.85 bits per heavy atom. The number of tetrazole rings is 1. The van der Waals surface area contributed by atoms with E-state index in [-0.39, 0.29) is 0 Å². The van der Waals surface area contributed by atoms with Gasteiger partial charge in [-0.15, -0.1) is 17.7 Å². The SMILES string of the molecule is Cc1nnnn1-c1cccc(S)c1. The highest BCUT2D eigenvalue weighted by Crippen LogP contribution is 2.12. The van der Waals surface area contributed by atoms with Crippen molar-refractivity contribution in [2.75, 3.05) is 0 Å². The third kappa shape index (κ3) is 1.55. The molecule has 0 bridgehead atoms. The lowest BCUT2D eigenvalue weighted by Crippen LogP contribution is -1.98. The zero-order valence-electron chi connectivity index (χ0n) is 7.05. The third-order valence-electron chi connectivity index (χ3n) is 1.70. The third-order valence-corrected chi connectivity index (χ3v) is 1.98. The predicted molar refractivity (Wildman–Crippen MR) is 51.1 cm³/mol. The van der Waals surface area contributed by atoms with Crippen molar-refractivity contribution in [2.24, 2.45) is 0 Å². The summed E-state index contributed by atoms with van der Waals surface area (Å²) in [6.07, 6.45) is 0. The topological polar surface area (TPSA) is 43.6 Å². The Bertz CT molecular complexity index is 424. The van der Waals surface area contributed by atoms with Gasteiger partial charge in [-0.25, -0.2) is 0 Å². The van der Waals surface area contributed by atoms with Crippen LogP contribution in [0.1, 0.15) is 5.82 Å². The lowest BCUT2D eigenvalue weighted by atomic mass is 10.3. The lowest BCUT2D eigenvalue weighted by Gasteiger charge is -2.01. The van der Waals surface area contributed by atoms with E-state index in [1.54, 1.807) is 4.68 Å². The van der Waals surface area contributed by atoms with Crippen molar-refractivity contribution in [1.29, 1.82) is 0 Å². The van der Waals surface area contributed by atoms with E-state index in [0.29, 0.717) is 0 Å². The first kappa shape index (κ1) is 8.25. The zero-order chi connectivity index (χ0) is 9.26. The first-order valence-electron chi connectivity index (χ1n) is 3.82. The molecule has 0 N–H and O–H groups in total. The molecule has 13 heavy (non-hydrogen) atoms. The summed E-state index contributed by atoms with van der Waals surface area (Å²) in [6, 6.07) is 7.67. The smallest absolute Gasteiger partial charge is 0.153 e. The number of hydrogen-bond acceptors (Lipinski definition) is 4. The average Bonchev–Trinajstić information content (AvgIpc) is 2.51. The minimum absolute atomic E-state index is 0.763. The molecule has 0 aliphatic heterocycles. The maximum atomic E-state index is 4.24. The van der Waals surface area contributed by atoms with E-state index >= 15 is 0 Å². The Balaban J connectivity index is 2.53. The van der Waals surface area contributed by atoms with Crippen molar-refractivity contribution < 1.29 is 0 Å². The quantitative estimate of drug-likeness (QED) is 0.692. The second-order valence-corrected chi connectivity index (χ2v) is 3.17. The predicted octanol–water partition coefficient (Wildman–Crippen LogP) is 1.26. The van der Waals surface area contributed by atoms with Crippen molar-refractivity contribution in [1.82, 2.24) is 20.2 Å². The van der Waals surface area contributed by atoms with Crippen LogP contribution in [0.2, 0.25) is 0 Å². The zero-order valence-corrected chi connectivity index (χ0v) is 7.94. The van der Waals surface area contributed by atoms with E-state index in [0.717, 1.165) is 16.4 Å². The van der Waals surface area contributed by atoms with Gasteiger partial charge >= 0.3 is 0 Å². The molecule has 0 saturated carbocycles. The highest BCUT2D eigenvalue weighted by Gasteiger charge is 2.02. The maximum Gasteiger partial charge on any atom is 0.153 e. The van der Waals surface area contributed by atoms with Gasteiger partial charge in [-0.2, -0.15) is 4.68 Å². The molecule has 0 saturated heterocycles. The summed E-state index contributed by atoms with van der Waals surface area (Å²) in [5.41, 5.74) is 0.926. The van der Waals surface area contributed by atoms with Gasteiger partial charge in [0.2, 0.25) is 0 Å². The van der Waals surface area contributed by atoms with E-state index in [4.69, 9.17) is 0 Å². The largest absolute Gasteiger partial charge is 0.198 e. The molecule has 0 spiro atoms. The van der Waals surface area contributed by atoms with Crippen LogP contribution in [0.3, 0.4) is 0 Å². The molecule has 0 unspecified atom stereocenters. The number of nitrogens with zero attached hydrogens (tertiary/aromatic N) is 4. The average molecular weight is 192 g/mol. The molecular formula is C8H8N4S. The summed E-state index contributed by atoms with van der Waals surface area (Å²) in [5.74, 6) is 0.763. The van der Waals surface area contributed by atoms with Gasteiger partial charge in [0, 0.05) is 4.90 Å². The fourth-order valence-corrected chi connectivity index (χ4v) is 1.31. The van der Waals surface area contributed by atoms with Crippen molar-refractivity contribution in [3.8, 4) is 5.69 Å². The molecule has 0 aliphatic carbocycles. The lowest BCUT2D eigenvalue weighted by molar-refractivity contribution is 0.778. The van der Waals surface area contributed by atoms with Crippen LogP contribution in [0.5, 0.6) is 0 Å². The Hall–Kier alpha value is -1.36. The van der Waals surface area contributed by atoms with E-state index in [9.17, 15) is 0 Å². The van der Waals surface area contributed by atoms with Crippen LogP contribution in [0, 0.1) is 6.92 Å². The number of rotatable bonds is 1. The van der Waals surface area contributed by atoms with E-state index in [2.05, 4.69) is 28.2 Å². The maximum absolute atomic E-state index is 4.24. The van der Waals surface area contributed by atoms with Crippen molar-refractivity contribution in [2.45, 2.75) is 11.8 Å². The molecule has 2 aromatic rings. The minimum Gasteiger partial charge on any atom is -0.198 e. The van der Waals surface area contributed by atoms with Gasteiger partial charge in [-0.1, -0.05) is 6.07 Å².